The third kappa shape index (κ3) is 6.11. The molecular formula is C4H9F3NO2S+. The van der Waals surface area contributed by atoms with Crippen LogP contribution in [0.5, 0.6) is 0 Å². The Labute approximate surface area is 62.3 Å². The molecule has 0 bridgehead atoms. The van der Waals surface area contributed by atoms with Crippen LogP contribution in [0.2, 0.25) is 0 Å². The maximum absolute atomic E-state index is 11.5. The molecule has 3 N–H and O–H groups in total. The molecule has 11 heavy (non-hydrogen) atoms. The second-order valence-corrected chi connectivity index (χ2v) is 4.24. The fourth-order valence-corrected chi connectivity index (χ4v) is 1.62. The molecule has 0 aromatic rings. The second-order valence-electron chi connectivity index (χ2n) is 2.06. The Morgan fingerprint density at radius 1 is 1.27 bits per heavy atom. The number of halogens is 3. The van der Waals surface area contributed by atoms with E-state index in [-0.39, 0.29) is 6.54 Å². The summed E-state index contributed by atoms with van der Waals surface area (Å²) < 4.78 is 55.4. The standard InChI is InChI=1S/C4H8F3NO2S/c5-4(6,7)3-11(9,10)2-1-8/h1-3,8H2/p+1. The monoisotopic (exact) mass is 192 g/mol. The average molecular weight is 192 g/mol. The summed E-state index contributed by atoms with van der Waals surface area (Å²) in [6.45, 7) is -0.0294. The Balaban J connectivity index is 4.15. The molecule has 7 heteroatoms. The fourth-order valence-electron chi connectivity index (χ4n) is 0.541. The number of hydrogen-bond acceptors (Lipinski definition) is 2. The molecule has 0 saturated carbocycles. The summed E-state index contributed by atoms with van der Waals surface area (Å²) in [5.41, 5.74) is 3.15. The van der Waals surface area contributed by atoms with Gasteiger partial charge in [0.1, 0.15) is 5.75 Å². The molecule has 0 aromatic heterocycles. The van der Waals surface area contributed by atoms with Gasteiger partial charge >= 0.3 is 6.18 Å². The zero-order valence-corrected chi connectivity index (χ0v) is 6.50. The number of hydrogen-bond donors (Lipinski definition) is 1. The van der Waals surface area contributed by atoms with Crippen LogP contribution in [0.15, 0.2) is 0 Å². The molecule has 0 atom stereocenters. The van der Waals surface area contributed by atoms with E-state index in [1.165, 1.54) is 0 Å². The molecule has 0 aliphatic heterocycles. The molecule has 0 spiro atoms. The zero-order chi connectivity index (χ0) is 9.12. The summed E-state index contributed by atoms with van der Waals surface area (Å²) in [6.07, 6.45) is -4.63. The second kappa shape index (κ2) is 3.40. The highest BCUT2D eigenvalue weighted by Crippen LogP contribution is 2.17. The average Bonchev–Trinajstić information content (AvgIpc) is 1.55. The molecule has 0 heterocycles. The maximum atomic E-state index is 11.5. The molecular weight excluding hydrogens is 183 g/mol. The van der Waals surface area contributed by atoms with Crippen molar-refractivity contribution in [2.75, 3.05) is 18.1 Å². The van der Waals surface area contributed by atoms with Gasteiger partial charge in [0.25, 0.3) is 0 Å². The van der Waals surface area contributed by atoms with Gasteiger partial charge in [0, 0.05) is 0 Å². The predicted molar refractivity (Wildman–Crippen MR) is 32.5 cm³/mol. The minimum atomic E-state index is -4.63. The van der Waals surface area contributed by atoms with Crippen molar-refractivity contribution >= 4 is 9.84 Å². The summed E-state index contributed by atoms with van der Waals surface area (Å²) in [4.78, 5) is 0. The van der Waals surface area contributed by atoms with Gasteiger partial charge in [-0.3, -0.25) is 0 Å². The van der Waals surface area contributed by atoms with Gasteiger partial charge < -0.3 is 5.73 Å². The lowest BCUT2D eigenvalue weighted by Gasteiger charge is -2.04. The van der Waals surface area contributed by atoms with Crippen molar-refractivity contribution in [1.82, 2.24) is 0 Å². The quantitative estimate of drug-likeness (QED) is 0.636. The number of quaternary nitrogens is 1. The Kier molecular flexibility index (Phi) is 3.30. The van der Waals surface area contributed by atoms with E-state index in [9.17, 15) is 21.6 Å². The van der Waals surface area contributed by atoms with E-state index in [1.54, 1.807) is 0 Å². The lowest BCUT2D eigenvalue weighted by Crippen LogP contribution is -2.53. The third-order valence-electron chi connectivity index (χ3n) is 0.839. The Morgan fingerprint density at radius 3 is 2.00 bits per heavy atom. The molecule has 0 rings (SSSR count). The highest BCUT2D eigenvalue weighted by molar-refractivity contribution is 7.91. The van der Waals surface area contributed by atoms with E-state index in [0.29, 0.717) is 0 Å². The molecule has 0 saturated heterocycles. The van der Waals surface area contributed by atoms with Gasteiger partial charge in [0.2, 0.25) is 0 Å². The normalized spacial score (nSPS) is 13.5. The maximum Gasteiger partial charge on any atom is 0.402 e. The largest absolute Gasteiger partial charge is 0.402 e. The highest BCUT2D eigenvalue weighted by Gasteiger charge is 2.34. The van der Waals surface area contributed by atoms with Crippen molar-refractivity contribution in [2.24, 2.45) is 0 Å². The van der Waals surface area contributed by atoms with Gasteiger partial charge in [0.05, 0.1) is 12.3 Å². The molecule has 0 aromatic carbocycles. The smallest absolute Gasteiger partial charge is 0.357 e. The number of rotatable bonds is 3. The van der Waals surface area contributed by atoms with E-state index in [1.807, 2.05) is 0 Å². The van der Waals surface area contributed by atoms with Crippen LogP contribution >= 0.6 is 0 Å². The van der Waals surface area contributed by atoms with E-state index >= 15 is 0 Å². The SMILES string of the molecule is [NH3+]CCS(=O)(=O)CC(F)(F)F. The van der Waals surface area contributed by atoms with Gasteiger partial charge in [-0.2, -0.15) is 13.2 Å². The van der Waals surface area contributed by atoms with Crippen molar-refractivity contribution in [3.8, 4) is 0 Å². The zero-order valence-electron chi connectivity index (χ0n) is 5.69. The summed E-state index contributed by atoms with van der Waals surface area (Å²) in [7, 11) is -3.98. The van der Waals surface area contributed by atoms with Crippen LogP contribution in [0, 0.1) is 0 Å². The number of sulfone groups is 1. The van der Waals surface area contributed by atoms with E-state index in [2.05, 4.69) is 5.73 Å². The van der Waals surface area contributed by atoms with Gasteiger partial charge in [-0.05, 0) is 0 Å². The van der Waals surface area contributed by atoms with Crippen LogP contribution in [0.3, 0.4) is 0 Å². The molecule has 0 amide bonds. The molecule has 68 valence electrons. The van der Waals surface area contributed by atoms with Crippen LogP contribution in [0.1, 0.15) is 0 Å². The third-order valence-corrected chi connectivity index (χ3v) is 2.52. The topological polar surface area (TPSA) is 61.8 Å². The number of alkyl halides is 3. The van der Waals surface area contributed by atoms with Gasteiger partial charge in [0.15, 0.2) is 9.84 Å². The van der Waals surface area contributed by atoms with Crippen molar-refractivity contribution in [3.05, 3.63) is 0 Å². The highest BCUT2D eigenvalue weighted by atomic mass is 32.2. The fraction of sp³-hybridized carbons (Fsp3) is 1.00. The first kappa shape index (κ1) is 10.7. The Morgan fingerprint density at radius 2 is 1.73 bits per heavy atom. The molecule has 0 aliphatic rings. The molecule has 3 nitrogen and oxygen atoms in total. The molecule has 0 fully saturated rings. The van der Waals surface area contributed by atoms with Crippen LogP contribution < -0.4 is 5.73 Å². The minimum absolute atomic E-state index is 0.0294. The first-order valence-electron chi connectivity index (χ1n) is 2.83. The Hall–Kier alpha value is -0.300. The van der Waals surface area contributed by atoms with E-state index in [0.717, 1.165) is 0 Å². The minimum Gasteiger partial charge on any atom is -0.357 e. The predicted octanol–water partition coefficient (Wildman–Crippen LogP) is -0.795. The van der Waals surface area contributed by atoms with Crippen LogP contribution in [-0.4, -0.2) is 32.6 Å². The summed E-state index contributed by atoms with van der Waals surface area (Å²) in [6, 6.07) is 0. The first-order valence-corrected chi connectivity index (χ1v) is 4.65. The van der Waals surface area contributed by atoms with Crippen molar-refractivity contribution in [2.45, 2.75) is 6.18 Å². The van der Waals surface area contributed by atoms with Gasteiger partial charge in [-0.1, -0.05) is 0 Å². The van der Waals surface area contributed by atoms with Crippen LogP contribution in [-0.2, 0) is 9.84 Å². The lowest BCUT2D eigenvalue weighted by atomic mass is 10.8. The van der Waals surface area contributed by atoms with Crippen LogP contribution in [0.25, 0.3) is 0 Å². The molecule has 0 radical (unpaired) electrons. The molecule has 0 unspecified atom stereocenters. The van der Waals surface area contributed by atoms with Gasteiger partial charge in [-0.25, -0.2) is 8.42 Å². The summed E-state index contributed by atoms with van der Waals surface area (Å²) >= 11 is 0. The van der Waals surface area contributed by atoms with Crippen LogP contribution in [0.4, 0.5) is 13.2 Å². The van der Waals surface area contributed by atoms with E-state index in [4.69, 9.17) is 0 Å². The molecule has 0 aliphatic carbocycles. The summed E-state index contributed by atoms with van der Waals surface area (Å²) in [5.74, 6) is -2.25. The van der Waals surface area contributed by atoms with Crippen molar-refractivity contribution in [1.29, 1.82) is 0 Å². The lowest BCUT2D eigenvalue weighted by molar-refractivity contribution is -0.360. The Bertz CT molecular complexity index is 208. The summed E-state index contributed by atoms with van der Waals surface area (Å²) in [5, 5.41) is 0. The van der Waals surface area contributed by atoms with Crippen molar-refractivity contribution < 1.29 is 27.3 Å². The first-order chi connectivity index (χ1) is 4.77. The van der Waals surface area contributed by atoms with Crippen molar-refractivity contribution in [3.63, 3.8) is 0 Å². The van der Waals surface area contributed by atoms with Gasteiger partial charge in [-0.15, -0.1) is 0 Å². The van der Waals surface area contributed by atoms with E-state index < -0.39 is 27.5 Å².